The molecule has 0 amide bonds. The van der Waals surface area contributed by atoms with Gasteiger partial charge in [0.2, 0.25) is 40.8 Å². The number of carbonyl (C=O) groups excluding carboxylic acids is 12. The lowest BCUT2D eigenvalue weighted by Gasteiger charge is -2.19. The van der Waals surface area contributed by atoms with E-state index in [2.05, 4.69) is 47.4 Å². The van der Waals surface area contributed by atoms with E-state index in [1.54, 1.807) is 71.9 Å². The van der Waals surface area contributed by atoms with Crippen molar-refractivity contribution in [2.45, 2.75) is 123 Å². The number of ether oxygens (including phenoxy) is 12. The van der Waals surface area contributed by atoms with Crippen molar-refractivity contribution < 1.29 is 174 Å². The Balaban J connectivity index is -0.000000591. The van der Waals surface area contributed by atoms with Crippen molar-refractivity contribution in [3.63, 3.8) is 0 Å². The molecule has 106 heavy (non-hydrogen) atoms. The summed E-state index contributed by atoms with van der Waals surface area (Å²) >= 11 is 3.69. The van der Waals surface area contributed by atoms with Crippen LogP contribution in [0.5, 0.6) is 0 Å². The van der Waals surface area contributed by atoms with Gasteiger partial charge in [-0.25, -0.2) is 33.6 Å². The molecule has 0 saturated heterocycles. The van der Waals surface area contributed by atoms with E-state index in [0.717, 1.165) is 32.1 Å². The van der Waals surface area contributed by atoms with E-state index in [1.807, 2.05) is 0 Å². The third-order valence-corrected chi connectivity index (χ3v) is 16.1. The molecule has 0 aliphatic heterocycles. The van der Waals surface area contributed by atoms with Crippen LogP contribution in [0.3, 0.4) is 0 Å². The lowest BCUT2D eigenvalue weighted by molar-refractivity contribution is -0.161. The number of rotatable bonds is 34. The van der Waals surface area contributed by atoms with Gasteiger partial charge < -0.3 is 122 Å². The molecule has 1 saturated carbocycles. The van der Waals surface area contributed by atoms with Crippen molar-refractivity contribution >= 4 is 174 Å². The highest BCUT2D eigenvalue weighted by atomic mass is 32.2. The van der Waals surface area contributed by atoms with Crippen molar-refractivity contribution in [3.8, 4) is 0 Å². The number of hydrogen-bond acceptors (Lipinski definition) is 42. The van der Waals surface area contributed by atoms with Crippen molar-refractivity contribution in [2.75, 3.05) is 75.3 Å². The minimum atomic E-state index is -1.21. The number of aliphatic carboxylic acids is 6. The van der Waals surface area contributed by atoms with E-state index < -0.39 is 180 Å². The summed E-state index contributed by atoms with van der Waals surface area (Å²) in [7, 11) is 0. The van der Waals surface area contributed by atoms with Crippen molar-refractivity contribution in [2.24, 2.45) is 51.7 Å². The molecule has 602 valence electrons. The van der Waals surface area contributed by atoms with E-state index in [4.69, 9.17) is 74.5 Å². The predicted molar refractivity (Wildman–Crippen MR) is 376 cm³/mol. The van der Waals surface area contributed by atoms with Crippen molar-refractivity contribution in [1.82, 2.24) is 0 Å². The number of carboxylic acids is 6. The number of nitrogens with two attached hydrogens (primary N) is 6. The lowest BCUT2D eigenvalue weighted by Crippen LogP contribution is -2.33. The zero-order valence-corrected chi connectivity index (χ0v) is 63.0. The van der Waals surface area contributed by atoms with Gasteiger partial charge in [-0.3, -0.25) is 52.7 Å². The number of hydrogen-bond donors (Lipinski definition) is 12. The van der Waals surface area contributed by atoms with E-state index in [-0.39, 0.29) is 58.7 Å². The van der Waals surface area contributed by atoms with Gasteiger partial charge in [0.15, 0.2) is 0 Å². The van der Waals surface area contributed by atoms with Crippen LogP contribution in [0, 0.1) is 17.3 Å². The highest BCUT2D eigenvalue weighted by Gasteiger charge is 2.26. The molecule has 42 nitrogen and oxygen atoms in total. The third-order valence-electron chi connectivity index (χ3n) is 10.8. The second-order valence-electron chi connectivity index (χ2n) is 21.0. The third kappa shape index (κ3) is 61.8. The Morgan fingerprint density at radius 2 is 0.689 bits per heavy atom. The molecule has 0 spiro atoms. The number of esters is 6. The van der Waals surface area contributed by atoms with Crippen LogP contribution >= 0.6 is 70.6 Å². The zero-order chi connectivity index (χ0) is 82.1. The van der Waals surface area contributed by atoms with E-state index in [1.165, 1.54) is 6.92 Å². The normalized spacial score (nSPS) is 12.9. The van der Waals surface area contributed by atoms with E-state index in [0.29, 0.717) is 76.1 Å². The molecule has 0 bridgehead atoms. The molecule has 1 aliphatic rings. The Labute approximate surface area is 630 Å². The van der Waals surface area contributed by atoms with Crippen LogP contribution in [0.25, 0.3) is 0 Å². The topological polar surface area (TPSA) is 696 Å². The standard InChI is InChI=1S/C12H19NO6S.C12H13NO6S.C10H17NO6S.C9H15NO6S.C8H13NO6S.C7H11NO6S/c2*13-9(10(14)15)6-20-12(17)19-7-18-11(16)8-4-2-1-3-5-8;1-10(2,3)8(14)16-5-17-9(15)18-4-6(11)7(12)13;1-5(2)8(13)15-4-16-9(14)17-3-6(10)7(11)12;1-2-6(10)14-4-15-8(13)16-3-5(9)7(11)12;1-4(9)13-3-14-7(12)15-2-5(8)6(10)11/h8-9H,1-7,13H2,(H,14,15);1-5,9H,6-7,13H2,(H,14,15);6H,4-5,11H2,1-3H3,(H,12,13);5-6H,3-4,10H2,1-2H3,(H,11,12);5H,2-4,9H2,1H3,(H,11,12);5H,2-3,8H2,1H3,(H,10,11)/t2*9-;2*6-;2*5-/m000000/s1. The molecule has 1 fully saturated rings. The molecule has 6 atom stereocenters. The Hall–Kier alpha value is -8.46. The van der Waals surface area contributed by atoms with Gasteiger partial charge in [-0.2, -0.15) is 0 Å². The average molecular weight is 1640 g/mol. The zero-order valence-electron chi connectivity index (χ0n) is 58.1. The average Bonchev–Trinajstić information content (AvgIpc) is 0.933. The molecule has 0 radical (unpaired) electrons. The molecule has 0 heterocycles. The molecule has 1 aromatic carbocycles. The Morgan fingerprint density at radius 3 is 0.972 bits per heavy atom. The number of carbonyl (C=O) groups is 18. The number of thioether (sulfide) groups is 6. The van der Waals surface area contributed by atoms with Gasteiger partial charge in [0, 0.05) is 47.9 Å². The van der Waals surface area contributed by atoms with Gasteiger partial charge in [-0.15, -0.1) is 0 Å². The maximum Gasteiger partial charge on any atom is 0.370 e. The molecule has 0 aromatic heterocycles. The molecule has 2 rings (SSSR count). The Morgan fingerprint density at radius 1 is 0.406 bits per heavy atom. The molecule has 1 aromatic rings. The van der Waals surface area contributed by atoms with Crippen LogP contribution in [0.2, 0.25) is 0 Å². The highest BCUT2D eigenvalue weighted by molar-refractivity contribution is 8.14. The smallest absolute Gasteiger partial charge is 0.370 e. The van der Waals surface area contributed by atoms with Gasteiger partial charge >= 0.3 is 103 Å². The van der Waals surface area contributed by atoms with Crippen LogP contribution in [0.15, 0.2) is 30.3 Å². The van der Waals surface area contributed by atoms with Crippen LogP contribution in [0.1, 0.15) is 97.3 Å². The molecule has 1 aliphatic carbocycles. The first-order chi connectivity index (χ1) is 49.4. The molecule has 18 N–H and O–H groups in total. The van der Waals surface area contributed by atoms with Gasteiger partial charge in [0.1, 0.15) is 36.3 Å². The fourth-order valence-electron chi connectivity index (χ4n) is 5.06. The summed E-state index contributed by atoms with van der Waals surface area (Å²) in [6.45, 7) is 8.14. The van der Waals surface area contributed by atoms with Crippen LogP contribution in [0.4, 0.5) is 28.8 Å². The number of benzene rings is 1. The van der Waals surface area contributed by atoms with E-state index >= 15 is 0 Å². The van der Waals surface area contributed by atoms with Gasteiger partial charge in [-0.1, -0.05) is 58.2 Å². The summed E-state index contributed by atoms with van der Waals surface area (Å²) in [6, 6.07) is 1.40. The molecular formula is C58H88N6O36S6. The van der Waals surface area contributed by atoms with Gasteiger partial charge in [0.25, 0.3) is 0 Å². The van der Waals surface area contributed by atoms with Crippen LogP contribution < -0.4 is 34.4 Å². The Bertz CT molecular complexity index is 2960. The second kappa shape index (κ2) is 61.7. The maximum absolute atomic E-state index is 11.6. The first-order valence-electron chi connectivity index (χ1n) is 30.1. The summed E-state index contributed by atoms with van der Waals surface area (Å²) in [6.07, 6.45) is 4.99. The van der Waals surface area contributed by atoms with Crippen LogP contribution in [-0.4, -0.2) is 246 Å². The largest absolute Gasteiger partial charge is 0.480 e. The fourth-order valence-corrected chi connectivity index (χ4v) is 8.60. The maximum atomic E-state index is 11.6. The van der Waals surface area contributed by atoms with Crippen molar-refractivity contribution in [3.05, 3.63) is 35.9 Å². The Kier molecular flexibility index (Phi) is 60.4. The molecule has 0 unspecified atom stereocenters. The summed E-state index contributed by atoms with van der Waals surface area (Å²) < 4.78 is 54.9. The molecule has 48 heteroatoms. The predicted octanol–water partition coefficient (Wildman–Crippen LogP) is 3.64. The minimum Gasteiger partial charge on any atom is -0.480 e. The van der Waals surface area contributed by atoms with Crippen molar-refractivity contribution in [1.29, 1.82) is 0 Å². The highest BCUT2D eigenvalue weighted by Crippen LogP contribution is 2.25. The second-order valence-corrected chi connectivity index (χ2v) is 26.7. The summed E-state index contributed by atoms with van der Waals surface area (Å²) in [5, 5.41) is 46.3. The quantitative estimate of drug-likeness (QED) is 0.0266. The first-order valence-corrected chi connectivity index (χ1v) is 36.0. The van der Waals surface area contributed by atoms with Crippen LogP contribution in [-0.2, 0) is 110 Å². The number of carboxylic acid groups (broad SMARTS) is 6. The molecular weight excluding hydrogens is 1550 g/mol. The van der Waals surface area contributed by atoms with Gasteiger partial charge in [-0.05, 0) is 116 Å². The fraction of sp³-hybridized carbons (Fsp3) is 0.586. The van der Waals surface area contributed by atoms with E-state index in [9.17, 15) is 86.3 Å². The minimum absolute atomic E-state index is 0.0925. The lowest BCUT2D eigenvalue weighted by atomic mass is 9.89. The monoisotopic (exact) mass is 1640 g/mol. The van der Waals surface area contributed by atoms with Gasteiger partial charge in [0.05, 0.1) is 22.8 Å². The SMILES string of the molecule is CC(=O)OCOC(=O)SC[C@H](N)C(=O)O.CC(C)(C)C(=O)OCOC(=O)SC[C@H](N)C(=O)O.CC(C)C(=O)OCOC(=O)SC[C@H](N)C(=O)O.CCC(=O)OCOC(=O)SC[C@H](N)C(=O)O.N[C@@H](CSC(=O)OCOC(=O)C1CCCCC1)C(=O)O.N[C@@H](CSC(=O)OCOC(=O)c1ccccc1)C(=O)O. The summed E-state index contributed by atoms with van der Waals surface area (Å²) in [4.78, 5) is 195. The summed E-state index contributed by atoms with van der Waals surface area (Å²) in [5.41, 5.74) is 30.7. The first kappa shape index (κ1) is 104. The summed E-state index contributed by atoms with van der Waals surface area (Å²) in [5.74, 6) is -11.2.